The van der Waals surface area contributed by atoms with E-state index in [0.29, 0.717) is 12.2 Å². The van der Waals surface area contributed by atoms with E-state index in [0.717, 1.165) is 48.0 Å². The van der Waals surface area contributed by atoms with Crippen LogP contribution in [0.15, 0.2) is 24.3 Å². The van der Waals surface area contributed by atoms with E-state index < -0.39 is 0 Å². The van der Waals surface area contributed by atoms with Gasteiger partial charge < -0.3 is 20.7 Å². The molecule has 1 fully saturated rings. The van der Waals surface area contributed by atoms with Crippen LogP contribution in [0.5, 0.6) is 5.75 Å². The first-order valence-electron chi connectivity index (χ1n) is 9.60. The molecule has 0 radical (unpaired) electrons. The maximum atomic E-state index is 11.9. The fourth-order valence-electron chi connectivity index (χ4n) is 3.59. The fourth-order valence-corrected chi connectivity index (χ4v) is 3.59. The molecule has 0 aliphatic heterocycles. The predicted octanol–water partition coefficient (Wildman–Crippen LogP) is 1.91. The van der Waals surface area contributed by atoms with E-state index in [1.165, 1.54) is 0 Å². The average Bonchev–Trinajstić information content (AvgIpc) is 2.63. The molecule has 0 unspecified atom stereocenters. The summed E-state index contributed by atoms with van der Waals surface area (Å²) < 4.78 is 6.27. The Kier molecular flexibility index (Phi) is 8.12. The number of ether oxygens (including phenoxy) is 1. The van der Waals surface area contributed by atoms with Crippen molar-refractivity contribution < 1.29 is 19.1 Å². The quantitative estimate of drug-likeness (QED) is 0.788. The molecule has 1 aliphatic rings. The summed E-state index contributed by atoms with van der Waals surface area (Å²) in [4.78, 5) is 34.6. The van der Waals surface area contributed by atoms with Crippen molar-refractivity contribution in [3.63, 3.8) is 0 Å². The number of carbonyl (C=O) groups is 1. The molecule has 1 heterocycles. The molecule has 0 spiro atoms. The molecule has 8 nitrogen and oxygen atoms in total. The van der Waals surface area contributed by atoms with E-state index in [1.54, 1.807) is 0 Å². The molecule has 1 saturated carbocycles. The normalized spacial score (nSPS) is 18.5. The summed E-state index contributed by atoms with van der Waals surface area (Å²) in [6.45, 7) is 2.37. The van der Waals surface area contributed by atoms with Gasteiger partial charge in [-0.25, -0.2) is 0 Å². The van der Waals surface area contributed by atoms with Gasteiger partial charge in [-0.1, -0.05) is 6.07 Å². The Hall–Kier alpha value is -2.96. The molecule has 1 aromatic heterocycles. The molecule has 8 heteroatoms. The highest BCUT2D eigenvalue weighted by molar-refractivity contribution is 5.95. The Balaban J connectivity index is 0.000000941. The number of aryl methyl sites for hydroxylation is 1. The van der Waals surface area contributed by atoms with Gasteiger partial charge in [0.2, 0.25) is 5.91 Å². The lowest BCUT2D eigenvalue weighted by molar-refractivity contribution is -0.191. The summed E-state index contributed by atoms with van der Waals surface area (Å²) in [6, 6.07) is 8.00. The molecule has 1 aliphatic carbocycles. The van der Waals surface area contributed by atoms with Gasteiger partial charge in [-0.05, 0) is 64.9 Å². The number of pyridine rings is 1. The van der Waals surface area contributed by atoms with Crippen molar-refractivity contribution in [2.45, 2.75) is 44.8 Å². The number of nitrogens with two attached hydrogens (primary N) is 1. The zero-order valence-corrected chi connectivity index (χ0v) is 17.1. The van der Waals surface area contributed by atoms with Crippen LogP contribution in [-0.2, 0) is 14.4 Å². The van der Waals surface area contributed by atoms with Gasteiger partial charge in [0, 0.05) is 17.4 Å². The number of carbonyl (C=O) groups excluding carboxylic acids is 3. The second-order valence-electron chi connectivity index (χ2n) is 7.48. The first-order valence-corrected chi connectivity index (χ1v) is 9.60. The second kappa shape index (κ2) is 10.5. The Bertz CT molecular complexity index is 870. The number of nitrogens with one attached hydrogen (secondary N) is 1. The van der Waals surface area contributed by atoms with Gasteiger partial charge >= 0.3 is 6.15 Å². The van der Waals surface area contributed by atoms with Crippen molar-refractivity contribution in [3.05, 3.63) is 30.0 Å². The Morgan fingerprint density at radius 3 is 2.55 bits per heavy atom. The van der Waals surface area contributed by atoms with Gasteiger partial charge in [0.1, 0.15) is 5.75 Å². The third-order valence-electron chi connectivity index (χ3n) is 4.75. The number of nitrogen functional groups attached to an aromatic ring is 1. The van der Waals surface area contributed by atoms with Crippen molar-refractivity contribution in [3.8, 4) is 5.75 Å². The van der Waals surface area contributed by atoms with E-state index in [-0.39, 0.29) is 24.2 Å². The highest BCUT2D eigenvalue weighted by Gasteiger charge is 2.24. The maximum absolute atomic E-state index is 11.9. The predicted molar refractivity (Wildman–Crippen MR) is 109 cm³/mol. The van der Waals surface area contributed by atoms with Crippen LogP contribution in [0.3, 0.4) is 0 Å². The number of hydrogen-bond acceptors (Lipinski definition) is 7. The number of fused-ring (bicyclic) bond motifs is 1. The topological polar surface area (TPSA) is 115 Å². The Morgan fingerprint density at radius 1 is 1.28 bits per heavy atom. The fraction of sp³-hybridized carbons (Fsp3) is 0.476. The van der Waals surface area contributed by atoms with Crippen LogP contribution in [-0.4, -0.2) is 54.7 Å². The zero-order valence-electron chi connectivity index (χ0n) is 17.1. The molecular weight excluding hydrogens is 372 g/mol. The molecule has 0 bridgehead atoms. The van der Waals surface area contributed by atoms with Crippen LogP contribution < -0.4 is 15.8 Å². The smallest absolute Gasteiger partial charge is 0.373 e. The minimum Gasteiger partial charge on any atom is -0.490 e. The number of aromatic nitrogens is 1. The van der Waals surface area contributed by atoms with E-state index in [2.05, 4.69) is 10.3 Å². The van der Waals surface area contributed by atoms with E-state index in [1.807, 2.05) is 50.2 Å². The molecule has 3 rings (SSSR count). The number of anilines is 1. The van der Waals surface area contributed by atoms with E-state index in [9.17, 15) is 4.79 Å². The monoisotopic (exact) mass is 400 g/mol. The van der Waals surface area contributed by atoms with Crippen molar-refractivity contribution in [1.82, 2.24) is 15.2 Å². The first kappa shape index (κ1) is 22.3. The summed E-state index contributed by atoms with van der Waals surface area (Å²) in [6.07, 6.45) is 4.09. The molecule has 1 amide bonds. The molecule has 29 heavy (non-hydrogen) atoms. The zero-order chi connectivity index (χ0) is 21.4. The van der Waals surface area contributed by atoms with Crippen LogP contribution in [0, 0.1) is 6.92 Å². The lowest BCUT2D eigenvalue weighted by Crippen LogP contribution is -2.43. The molecular formula is C21H28N4O4. The Morgan fingerprint density at radius 2 is 1.93 bits per heavy atom. The first-order chi connectivity index (χ1) is 13.8. The number of nitrogens with zero attached hydrogens (tertiary/aromatic N) is 2. The van der Waals surface area contributed by atoms with Gasteiger partial charge in [-0.3, -0.25) is 9.78 Å². The molecule has 0 atom stereocenters. The van der Waals surface area contributed by atoms with E-state index >= 15 is 0 Å². The number of likely N-dealkylation sites (N-methyl/N-ethyl adjacent to an activating group) is 1. The number of hydrogen-bond donors (Lipinski definition) is 2. The number of amides is 1. The average molecular weight is 400 g/mol. The minimum atomic E-state index is 0.0858. The lowest BCUT2D eigenvalue weighted by atomic mass is 9.93. The van der Waals surface area contributed by atoms with Crippen LogP contribution in [0.25, 0.3) is 10.9 Å². The maximum Gasteiger partial charge on any atom is 0.373 e. The van der Waals surface area contributed by atoms with Crippen molar-refractivity contribution in [2.24, 2.45) is 0 Å². The standard InChI is InChI=1S/C20H28N4O2.CO2/c1-13-11-16(21)20-17(22-13)5-4-6-18(20)26-15-9-7-14(8-10-15)23-19(25)12-24(2)3;2-1-3/h4-6,11,14-15H,7-10,12H2,1-3H3,(H2,21,22)(H,23,25);. The molecule has 3 N–H and O–H groups in total. The highest BCUT2D eigenvalue weighted by atomic mass is 16.5. The van der Waals surface area contributed by atoms with Gasteiger partial charge in [0.05, 0.1) is 23.6 Å². The Labute approximate surface area is 170 Å². The van der Waals surface area contributed by atoms with Gasteiger partial charge in [0.15, 0.2) is 0 Å². The second-order valence-corrected chi connectivity index (χ2v) is 7.48. The number of rotatable bonds is 5. The molecule has 2 aromatic rings. The van der Waals surface area contributed by atoms with Crippen LogP contribution >= 0.6 is 0 Å². The summed E-state index contributed by atoms with van der Waals surface area (Å²) >= 11 is 0. The van der Waals surface area contributed by atoms with Gasteiger partial charge in [-0.15, -0.1) is 0 Å². The van der Waals surface area contributed by atoms with Crippen molar-refractivity contribution >= 4 is 28.6 Å². The summed E-state index contributed by atoms with van der Waals surface area (Å²) in [5.41, 5.74) is 8.68. The third kappa shape index (κ3) is 6.55. The number of benzene rings is 1. The molecule has 156 valence electrons. The van der Waals surface area contributed by atoms with Crippen LogP contribution in [0.4, 0.5) is 5.69 Å². The summed E-state index contributed by atoms with van der Waals surface area (Å²) in [7, 11) is 3.80. The van der Waals surface area contributed by atoms with Crippen LogP contribution in [0.2, 0.25) is 0 Å². The summed E-state index contributed by atoms with van der Waals surface area (Å²) in [5, 5.41) is 4.00. The molecule has 1 aromatic carbocycles. The lowest BCUT2D eigenvalue weighted by Gasteiger charge is -2.30. The van der Waals surface area contributed by atoms with Gasteiger partial charge in [0.25, 0.3) is 0 Å². The summed E-state index contributed by atoms with van der Waals surface area (Å²) in [5.74, 6) is 0.884. The van der Waals surface area contributed by atoms with Crippen molar-refractivity contribution in [2.75, 3.05) is 26.4 Å². The largest absolute Gasteiger partial charge is 0.490 e. The molecule has 0 saturated heterocycles. The third-order valence-corrected chi connectivity index (χ3v) is 4.75. The van der Waals surface area contributed by atoms with Crippen molar-refractivity contribution in [1.29, 1.82) is 0 Å². The van der Waals surface area contributed by atoms with E-state index in [4.69, 9.17) is 20.1 Å². The van der Waals surface area contributed by atoms with Crippen LogP contribution in [0.1, 0.15) is 31.4 Å². The van der Waals surface area contributed by atoms with Gasteiger partial charge in [-0.2, -0.15) is 9.59 Å². The SMILES string of the molecule is Cc1cc(N)c2c(OC3CCC(NC(=O)CN(C)C)CC3)cccc2n1.O=C=O. The minimum absolute atomic E-state index is 0.0858. The highest BCUT2D eigenvalue weighted by Crippen LogP contribution is 2.33.